The Labute approximate surface area is 551 Å². The smallest absolute Gasteiger partial charge is 0.220 e. The van der Waals surface area contributed by atoms with Gasteiger partial charge in [-0.05, 0) is 70.6 Å². The van der Waals surface area contributed by atoms with Gasteiger partial charge in [-0.25, -0.2) is 0 Å². The van der Waals surface area contributed by atoms with Gasteiger partial charge in [0, 0.05) is 6.42 Å². The summed E-state index contributed by atoms with van der Waals surface area (Å²) in [6.07, 6.45) is 89.4. The highest BCUT2D eigenvalue weighted by Crippen LogP contribution is 2.24. The van der Waals surface area contributed by atoms with E-state index in [4.69, 9.17) is 9.47 Å². The van der Waals surface area contributed by atoms with Crippen molar-refractivity contribution < 1.29 is 39.8 Å². The lowest BCUT2D eigenvalue weighted by molar-refractivity contribution is -0.302. The molecule has 1 heterocycles. The number of hydrogen-bond donors (Lipinski definition) is 6. The Kier molecular flexibility index (Phi) is 65.6. The minimum Gasteiger partial charge on any atom is -0.394 e. The molecule has 1 aliphatic heterocycles. The molecular formula is C80H149NO8. The van der Waals surface area contributed by atoms with Gasteiger partial charge in [0.25, 0.3) is 0 Å². The summed E-state index contributed by atoms with van der Waals surface area (Å²) in [6.45, 7) is 3.81. The molecule has 7 atom stereocenters. The molecule has 1 amide bonds. The molecule has 0 bridgehead atoms. The molecule has 89 heavy (non-hydrogen) atoms. The Bertz CT molecular complexity index is 1600. The third kappa shape index (κ3) is 57.1. The van der Waals surface area contributed by atoms with Crippen molar-refractivity contribution in [1.29, 1.82) is 0 Å². The Morgan fingerprint density at radius 1 is 0.382 bits per heavy atom. The second-order valence-electron chi connectivity index (χ2n) is 27.1. The van der Waals surface area contributed by atoms with Crippen molar-refractivity contribution >= 4 is 5.91 Å². The summed E-state index contributed by atoms with van der Waals surface area (Å²) in [5, 5.41) is 54.9. The monoisotopic (exact) mass is 1250 g/mol. The van der Waals surface area contributed by atoms with Crippen LogP contribution >= 0.6 is 0 Å². The molecule has 1 fully saturated rings. The van der Waals surface area contributed by atoms with E-state index in [0.29, 0.717) is 6.42 Å². The zero-order valence-electron chi connectivity index (χ0n) is 58.7. The van der Waals surface area contributed by atoms with Crippen LogP contribution in [-0.4, -0.2) is 87.5 Å². The maximum Gasteiger partial charge on any atom is 0.220 e. The lowest BCUT2D eigenvalue weighted by atomic mass is 9.99. The van der Waals surface area contributed by atoms with Crippen molar-refractivity contribution in [2.75, 3.05) is 13.2 Å². The van der Waals surface area contributed by atoms with Crippen LogP contribution in [0.3, 0.4) is 0 Å². The van der Waals surface area contributed by atoms with E-state index >= 15 is 0 Å². The zero-order chi connectivity index (χ0) is 64.2. The van der Waals surface area contributed by atoms with Crippen molar-refractivity contribution in [3.63, 3.8) is 0 Å². The first-order valence-corrected chi connectivity index (χ1v) is 39.0. The van der Waals surface area contributed by atoms with Gasteiger partial charge in [-0.3, -0.25) is 4.79 Å². The fourth-order valence-electron chi connectivity index (χ4n) is 12.5. The van der Waals surface area contributed by atoms with E-state index in [2.05, 4.69) is 67.8 Å². The van der Waals surface area contributed by atoms with E-state index in [1.54, 1.807) is 6.08 Å². The number of aliphatic hydroxyl groups excluding tert-OH is 5. The fourth-order valence-corrected chi connectivity index (χ4v) is 12.5. The van der Waals surface area contributed by atoms with E-state index in [-0.39, 0.29) is 12.5 Å². The SMILES string of the molecule is CCCCCCC/C=C\C/C=C\C/C=C\CCCCCCCCCCCCCCCCCCCCC(=O)NC(COC1OC(CO)C(O)C(O)C1O)C(O)/C=C/CC/C=C/CCCCCCCCCCCCCCCCCCCCCCCCCCCCC. The van der Waals surface area contributed by atoms with Gasteiger partial charge in [0.05, 0.1) is 25.4 Å². The molecular weight excluding hydrogens is 1100 g/mol. The van der Waals surface area contributed by atoms with E-state index in [0.717, 1.165) is 51.4 Å². The second kappa shape index (κ2) is 68.7. The van der Waals surface area contributed by atoms with Gasteiger partial charge in [0.2, 0.25) is 5.91 Å². The van der Waals surface area contributed by atoms with Crippen LogP contribution in [0.15, 0.2) is 60.8 Å². The summed E-state index contributed by atoms with van der Waals surface area (Å²) in [6, 6.07) is -0.825. The third-order valence-corrected chi connectivity index (χ3v) is 18.6. The molecule has 522 valence electrons. The first kappa shape index (κ1) is 84.9. The molecule has 0 aliphatic carbocycles. The van der Waals surface area contributed by atoms with E-state index in [1.807, 2.05) is 6.08 Å². The van der Waals surface area contributed by atoms with Crippen LogP contribution in [-0.2, 0) is 14.3 Å². The highest BCUT2D eigenvalue weighted by Gasteiger charge is 2.44. The largest absolute Gasteiger partial charge is 0.394 e. The molecule has 6 N–H and O–H groups in total. The van der Waals surface area contributed by atoms with Gasteiger partial charge >= 0.3 is 0 Å². The summed E-state index contributed by atoms with van der Waals surface area (Å²) >= 11 is 0. The Balaban J connectivity index is 2.10. The first-order chi connectivity index (χ1) is 43.8. The van der Waals surface area contributed by atoms with Crippen LogP contribution in [0.4, 0.5) is 0 Å². The fraction of sp³-hybridized carbons (Fsp3) is 0.863. The van der Waals surface area contributed by atoms with Gasteiger partial charge in [0.1, 0.15) is 24.4 Å². The van der Waals surface area contributed by atoms with E-state index in [9.17, 15) is 30.3 Å². The van der Waals surface area contributed by atoms with Gasteiger partial charge in [-0.2, -0.15) is 0 Å². The summed E-state index contributed by atoms with van der Waals surface area (Å²) in [7, 11) is 0. The molecule has 0 spiro atoms. The predicted molar refractivity (Wildman–Crippen MR) is 382 cm³/mol. The van der Waals surface area contributed by atoms with Crippen LogP contribution in [0.25, 0.3) is 0 Å². The number of hydrogen-bond acceptors (Lipinski definition) is 8. The van der Waals surface area contributed by atoms with Crippen molar-refractivity contribution in [3.05, 3.63) is 60.8 Å². The van der Waals surface area contributed by atoms with E-state index < -0.39 is 49.5 Å². The zero-order valence-corrected chi connectivity index (χ0v) is 58.7. The predicted octanol–water partition coefficient (Wildman–Crippen LogP) is 22.1. The lowest BCUT2D eigenvalue weighted by Gasteiger charge is -2.40. The van der Waals surface area contributed by atoms with Crippen LogP contribution in [0, 0.1) is 0 Å². The highest BCUT2D eigenvalue weighted by molar-refractivity contribution is 5.76. The maximum atomic E-state index is 13.2. The first-order valence-electron chi connectivity index (χ1n) is 39.0. The van der Waals surface area contributed by atoms with E-state index in [1.165, 1.54) is 315 Å². The van der Waals surface area contributed by atoms with Crippen molar-refractivity contribution in [1.82, 2.24) is 5.32 Å². The number of carbonyl (C=O) groups excluding carboxylic acids is 1. The molecule has 1 aliphatic rings. The summed E-state index contributed by atoms with van der Waals surface area (Å²) in [4.78, 5) is 13.2. The Morgan fingerprint density at radius 3 is 1.02 bits per heavy atom. The minimum absolute atomic E-state index is 0.181. The van der Waals surface area contributed by atoms with Crippen molar-refractivity contribution in [2.24, 2.45) is 0 Å². The quantitative estimate of drug-likeness (QED) is 0.0261. The molecule has 0 aromatic heterocycles. The lowest BCUT2D eigenvalue weighted by Crippen LogP contribution is -2.60. The van der Waals surface area contributed by atoms with Gasteiger partial charge < -0.3 is 40.3 Å². The molecule has 9 heteroatoms. The summed E-state index contributed by atoms with van der Waals surface area (Å²) in [5.74, 6) is -0.181. The Hall–Kier alpha value is -2.11. The number of carbonyl (C=O) groups is 1. The van der Waals surface area contributed by atoms with Crippen molar-refractivity contribution in [2.45, 2.75) is 429 Å². The maximum absolute atomic E-state index is 13.2. The van der Waals surface area contributed by atoms with Crippen LogP contribution in [0.1, 0.15) is 386 Å². The topological polar surface area (TPSA) is 149 Å². The minimum atomic E-state index is -1.57. The second-order valence-corrected chi connectivity index (χ2v) is 27.1. The molecule has 1 rings (SSSR count). The highest BCUT2D eigenvalue weighted by atomic mass is 16.7. The molecule has 1 saturated heterocycles. The number of nitrogens with one attached hydrogen (secondary N) is 1. The van der Waals surface area contributed by atoms with Crippen molar-refractivity contribution in [3.8, 4) is 0 Å². The number of aliphatic hydroxyl groups is 5. The van der Waals surface area contributed by atoms with Gasteiger partial charge in [-0.15, -0.1) is 0 Å². The molecule has 7 unspecified atom stereocenters. The molecule has 0 aromatic carbocycles. The van der Waals surface area contributed by atoms with Crippen LogP contribution in [0.2, 0.25) is 0 Å². The average Bonchev–Trinajstić information content (AvgIpc) is 2.28. The molecule has 0 radical (unpaired) electrons. The molecule has 9 nitrogen and oxygen atoms in total. The van der Waals surface area contributed by atoms with Gasteiger partial charge in [-0.1, -0.05) is 370 Å². The summed E-state index contributed by atoms with van der Waals surface area (Å²) in [5.41, 5.74) is 0. The summed E-state index contributed by atoms with van der Waals surface area (Å²) < 4.78 is 11.3. The molecule has 0 saturated carbocycles. The number of allylic oxidation sites excluding steroid dienone is 9. The number of ether oxygens (including phenoxy) is 2. The number of unbranched alkanes of at least 4 members (excludes halogenated alkanes) is 51. The normalized spacial score (nSPS) is 18.1. The van der Waals surface area contributed by atoms with Gasteiger partial charge in [0.15, 0.2) is 6.29 Å². The number of rotatable bonds is 69. The third-order valence-electron chi connectivity index (χ3n) is 18.6. The standard InChI is InChI=1S/C80H149NO8/c1-3-5-7-9-11-13-15-17-19-21-23-25-27-29-31-33-35-37-39-41-43-45-47-49-51-53-55-57-59-61-63-65-67-69-74(83)73(72-88-80-79(87)78(86)77(85)75(71-82)89-80)81-76(84)70-68-66-64-62-60-58-56-54-52-50-48-46-44-42-40-38-36-34-32-30-28-26-24-22-20-18-16-14-12-10-8-6-4-2/h16,18,22,24,28,30,59,61,67,69,73-75,77-80,82-83,85-87H,3-15,17,19-21,23,25-27,29,31-58,60,62-66,68,70-72H2,1-2H3,(H,81,84)/b18-16-,24-22-,30-28-,61-59+,69-67+. The number of amides is 1. The average molecular weight is 1250 g/mol. The van der Waals surface area contributed by atoms with Crippen LogP contribution < -0.4 is 5.32 Å². The molecule has 0 aromatic rings. The Morgan fingerprint density at radius 2 is 0.674 bits per heavy atom. The van der Waals surface area contributed by atoms with Crippen LogP contribution in [0.5, 0.6) is 0 Å².